The molecule has 0 amide bonds. The van der Waals surface area contributed by atoms with Crippen molar-refractivity contribution < 1.29 is 36.2 Å². The van der Waals surface area contributed by atoms with Crippen LogP contribution in [0.4, 0.5) is 22.0 Å². The highest BCUT2D eigenvalue weighted by Crippen LogP contribution is 2.45. The fourth-order valence-electron chi connectivity index (χ4n) is 3.70. The zero-order valence-corrected chi connectivity index (χ0v) is 18.0. The van der Waals surface area contributed by atoms with Crippen molar-refractivity contribution in [2.45, 2.75) is 39.2 Å². The maximum Gasteiger partial charge on any atom is 0.426 e. The molecule has 1 aliphatic rings. The normalized spacial score (nSPS) is 12.6. The molecule has 0 aliphatic carbocycles. The van der Waals surface area contributed by atoms with E-state index >= 15 is 4.39 Å². The van der Waals surface area contributed by atoms with Crippen molar-refractivity contribution in [3.8, 4) is 23.0 Å². The lowest BCUT2D eigenvalue weighted by Gasteiger charge is -2.24. The van der Waals surface area contributed by atoms with Crippen LogP contribution < -0.4 is 14.2 Å². The molecule has 0 atom stereocenters. The van der Waals surface area contributed by atoms with Crippen LogP contribution in [0.15, 0.2) is 42.5 Å². The number of alkyl halides is 2. The van der Waals surface area contributed by atoms with Crippen LogP contribution in [-0.4, -0.2) is 6.61 Å². The second-order valence-electron chi connectivity index (χ2n) is 7.63. The van der Waals surface area contributed by atoms with Crippen molar-refractivity contribution in [2.75, 3.05) is 6.61 Å². The maximum absolute atomic E-state index is 15.1. The largest absolute Gasteiger partial charge is 0.491 e. The molecule has 1 heterocycles. The molecule has 0 spiro atoms. The van der Waals surface area contributed by atoms with E-state index in [9.17, 15) is 17.6 Å². The highest BCUT2D eigenvalue weighted by Gasteiger charge is 2.37. The average molecular weight is 464 g/mol. The van der Waals surface area contributed by atoms with Gasteiger partial charge in [-0.15, -0.1) is 0 Å². The molecule has 0 aromatic heterocycles. The Bertz CT molecular complexity index is 1180. The van der Waals surface area contributed by atoms with Crippen LogP contribution in [0.25, 0.3) is 0 Å². The van der Waals surface area contributed by atoms with Gasteiger partial charge in [0.05, 0.1) is 12.2 Å². The van der Waals surface area contributed by atoms with Gasteiger partial charge in [0.15, 0.2) is 23.0 Å². The lowest BCUT2D eigenvalue weighted by atomic mass is 9.99. The maximum atomic E-state index is 15.1. The number of ether oxygens (including phenoxy) is 3. The van der Waals surface area contributed by atoms with Gasteiger partial charge >= 0.3 is 6.11 Å². The summed E-state index contributed by atoms with van der Waals surface area (Å²) in [5.41, 5.74) is 0.969. The molecule has 0 fully saturated rings. The van der Waals surface area contributed by atoms with Crippen molar-refractivity contribution in [2.24, 2.45) is 0 Å². The highest BCUT2D eigenvalue weighted by molar-refractivity contribution is 5.55. The molecule has 0 unspecified atom stereocenters. The highest BCUT2D eigenvalue weighted by atomic mass is 19.3. The van der Waals surface area contributed by atoms with Crippen molar-refractivity contribution in [3.63, 3.8) is 0 Å². The van der Waals surface area contributed by atoms with Gasteiger partial charge in [0.2, 0.25) is 17.5 Å². The number of halogens is 5. The summed E-state index contributed by atoms with van der Waals surface area (Å²) in [6.45, 7) is 3.72. The van der Waals surface area contributed by atoms with E-state index in [1.54, 1.807) is 19.1 Å². The first kappa shape index (κ1) is 22.9. The summed E-state index contributed by atoms with van der Waals surface area (Å²) in [6.07, 6.45) is -2.22. The predicted octanol–water partition coefficient (Wildman–Crippen LogP) is 7.28. The SMILES string of the molecule is CCCc1ccc(C(F)(F)Oc2ccc3c(c2F)Oc2c(cc(OCC)c(F)c2F)C3)cc1. The van der Waals surface area contributed by atoms with Gasteiger partial charge in [0.25, 0.3) is 0 Å². The Hall–Kier alpha value is -3.29. The summed E-state index contributed by atoms with van der Waals surface area (Å²) in [6, 6.07) is 9.26. The smallest absolute Gasteiger partial charge is 0.426 e. The Balaban J connectivity index is 1.63. The predicted molar refractivity (Wildman–Crippen MR) is 112 cm³/mol. The monoisotopic (exact) mass is 464 g/mol. The first-order chi connectivity index (χ1) is 15.7. The number of hydrogen-bond acceptors (Lipinski definition) is 3. The summed E-state index contributed by atoms with van der Waals surface area (Å²) in [5, 5.41) is 0. The van der Waals surface area contributed by atoms with E-state index in [4.69, 9.17) is 14.2 Å². The van der Waals surface area contributed by atoms with E-state index in [0.29, 0.717) is 0 Å². The van der Waals surface area contributed by atoms with Gasteiger partial charge < -0.3 is 14.2 Å². The number of benzene rings is 3. The second kappa shape index (κ2) is 8.92. The number of fused-ring (bicyclic) bond motifs is 2. The lowest BCUT2D eigenvalue weighted by molar-refractivity contribution is -0.187. The van der Waals surface area contributed by atoms with E-state index in [1.807, 2.05) is 6.92 Å². The summed E-state index contributed by atoms with van der Waals surface area (Å²) in [7, 11) is 0. The molecule has 0 radical (unpaired) electrons. The van der Waals surface area contributed by atoms with Crippen LogP contribution in [0.1, 0.15) is 42.5 Å². The van der Waals surface area contributed by atoms with E-state index < -0.39 is 46.4 Å². The molecule has 3 aromatic carbocycles. The van der Waals surface area contributed by atoms with E-state index in [2.05, 4.69) is 0 Å². The van der Waals surface area contributed by atoms with Gasteiger partial charge in [-0.3, -0.25) is 0 Å². The van der Waals surface area contributed by atoms with Crippen molar-refractivity contribution in [1.29, 1.82) is 0 Å². The standard InChI is InChI=1S/C25H21F5O3/c1-3-5-14-6-9-17(10-7-14)25(29,30)33-18-11-8-15-12-16-13-19(31-4-2)20(26)22(28)24(16)32-23(15)21(18)27/h6-11,13H,3-5,12H2,1-2H3. The molecule has 0 saturated carbocycles. The van der Waals surface area contributed by atoms with Gasteiger partial charge in [0, 0.05) is 17.5 Å². The minimum Gasteiger partial charge on any atom is -0.491 e. The number of aryl methyl sites for hydroxylation is 1. The Morgan fingerprint density at radius 2 is 1.55 bits per heavy atom. The second-order valence-corrected chi connectivity index (χ2v) is 7.63. The van der Waals surface area contributed by atoms with E-state index in [1.165, 1.54) is 24.3 Å². The molecule has 33 heavy (non-hydrogen) atoms. The number of rotatable bonds is 7. The van der Waals surface area contributed by atoms with Crippen LogP contribution in [0, 0.1) is 17.5 Å². The summed E-state index contributed by atoms with van der Waals surface area (Å²) in [5.74, 6) is -5.91. The van der Waals surface area contributed by atoms with Gasteiger partial charge in [-0.25, -0.2) is 0 Å². The van der Waals surface area contributed by atoms with Crippen molar-refractivity contribution in [3.05, 3.63) is 82.2 Å². The van der Waals surface area contributed by atoms with E-state index in [-0.39, 0.29) is 29.9 Å². The molecular formula is C25H21F5O3. The quantitative estimate of drug-likeness (QED) is 0.269. The van der Waals surface area contributed by atoms with Gasteiger partial charge in [-0.05, 0) is 43.2 Å². The Kier molecular flexibility index (Phi) is 6.19. The zero-order valence-electron chi connectivity index (χ0n) is 18.0. The first-order valence-corrected chi connectivity index (χ1v) is 10.5. The molecule has 3 aromatic rings. The Morgan fingerprint density at radius 1 is 0.848 bits per heavy atom. The Labute approximate surface area is 187 Å². The third kappa shape index (κ3) is 4.34. The molecule has 0 saturated heterocycles. The molecule has 0 N–H and O–H groups in total. The average Bonchev–Trinajstić information content (AvgIpc) is 2.79. The van der Waals surface area contributed by atoms with Crippen LogP contribution in [-0.2, 0) is 19.0 Å². The third-order valence-corrected chi connectivity index (χ3v) is 5.30. The van der Waals surface area contributed by atoms with Gasteiger partial charge in [-0.2, -0.15) is 22.0 Å². The minimum atomic E-state index is -3.82. The van der Waals surface area contributed by atoms with Gasteiger partial charge in [0.1, 0.15) is 0 Å². The Morgan fingerprint density at radius 3 is 2.21 bits per heavy atom. The summed E-state index contributed by atoms with van der Waals surface area (Å²) >= 11 is 0. The zero-order chi connectivity index (χ0) is 23.8. The van der Waals surface area contributed by atoms with Crippen LogP contribution in [0.2, 0.25) is 0 Å². The summed E-state index contributed by atoms with van der Waals surface area (Å²) < 4.78 is 88.3. The molecule has 4 rings (SSSR count). The summed E-state index contributed by atoms with van der Waals surface area (Å²) in [4.78, 5) is 0. The molecular weight excluding hydrogens is 443 g/mol. The molecule has 8 heteroatoms. The lowest BCUT2D eigenvalue weighted by Crippen LogP contribution is -2.23. The minimum absolute atomic E-state index is 0.00553. The van der Waals surface area contributed by atoms with Crippen molar-refractivity contribution in [1.82, 2.24) is 0 Å². The van der Waals surface area contributed by atoms with Crippen LogP contribution >= 0.6 is 0 Å². The fourth-order valence-corrected chi connectivity index (χ4v) is 3.70. The first-order valence-electron chi connectivity index (χ1n) is 10.5. The van der Waals surface area contributed by atoms with Gasteiger partial charge in [-0.1, -0.05) is 31.5 Å². The van der Waals surface area contributed by atoms with Crippen LogP contribution in [0.5, 0.6) is 23.0 Å². The van der Waals surface area contributed by atoms with E-state index in [0.717, 1.165) is 24.5 Å². The van der Waals surface area contributed by atoms with Crippen molar-refractivity contribution >= 4 is 0 Å². The van der Waals surface area contributed by atoms with Crippen LogP contribution in [0.3, 0.4) is 0 Å². The molecule has 0 bridgehead atoms. The number of hydrogen-bond donors (Lipinski definition) is 0. The fraction of sp³-hybridized carbons (Fsp3) is 0.280. The molecule has 3 nitrogen and oxygen atoms in total. The molecule has 174 valence electrons. The third-order valence-electron chi connectivity index (χ3n) is 5.30. The topological polar surface area (TPSA) is 27.7 Å². The molecule has 1 aliphatic heterocycles.